The third-order valence-electron chi connectivity index (χ3n) is 4.86. The number of aryl methyl sites for hydroxylation is 2. The average molecular weight is 433 g/mol. The first-order valence-corrected chi connectivity index (χ1v) is 11.0. The highest BCUT2D eigenvalue weighted by Crippen LogP contribution is 2.23. The number of anilines is 1. The van der Waals surface area contributed by atoms with Gasteiger partial charge in [-0.1, -0.05) is 17.2 Å². The summed E-state index contributed by atoms with van der Waals surface area (Å²) >= 11 is 0. The van der Waals surface area contributed by atoms with E-state index >= 15 is 0 Å². The van der Waals surface area contributed by atoms with E-state index in [0.717, 1.165) is 34.9 Å². The van der Waals surface area contributed by atoms with Gasteiger partial charge in [-0.15, -0.1) is 0 Å². The van der Waals surface area contributed by atoms with Crippen molar-refractivity contribution in [2.75, 3.05) is 24.6 Å². The van der Waals surface area contributed by atoms with Crippen molar-refractivity contribution in [1.29, 1.82) is 0 Å². The van der Waals surface area contributed by atoms with Crippen LogP contribution in [0.2, 0.25) is 0 Å². The number of azo groups is 1. The molecule has 0 aliphatic rings. The van der Waals surface area contributed by atoms with Gasteiger partial charge in [-0.2, -0.15) is 8.42 Å². The van der Waals surface area contributed by atoms with E-state index in [2.05, 4.69) is 19.3 Å². The van der Waals surface area contributed by atoms with Crippen LogP contribution in [0, 0.1) is 0 Å². The minimum absolute atomic E-state index is 0.0658. The fraction of sp³-hybridized carbons (Fsp3) is 0.350. The summed E-state index contributed by atoms with van der Waals surface area (Å²) in [5, 5.41) is 8.80. The molecule has 0 amide bonds. The number of hydrogen-bond donors (Lipinski definition) is 1. The zero-order valence-corrected chi connectivity index (χ0v) is 18.1. The fourth-order valence-corrected chi connectivity index (χ4v) is 3.66. The summed E-state index contributed by atoms with van der Waals surface area (Å²) in [5.74, 6) is 0.745. The molecule has 9 nitrogen and oxygen atoms in total. The SMILES string of the molecule is CCN(CCCOS(=O)(=O)O)c1ccc(N=Nc2n(C)c3ccccc3[n+]2C)cc1. The lowest BCUT2D eigenvalue weighted by Gasteiger charge is -2.22. The molecule has 0 saturated carbocycles. The van der Waals surface area contributed by atoms with Crippen LogP contribution in [0.15, 0.2) is 58.8 Å². The van der Waals surface area contributed by atoms with Crippen LogP contribution in [-0.4, -0.2) is 37.2 Å². The maximum absolute atomic E-state index is 10.6. The quantitative estimate of drug-likeness (QED) is 0.242. The molecule has 0 saturated heterocycles. The number of aromatic nitrogens is 2. The second-order valence-electron chi connectivity index (χ2n) is 6.81. The predicted octanol–water partition coefficient (Wildman–Crippen LogP) is 3.45. The summed E-state index contributed by atoms with van der Waals surface area (Å²) in [6.07, 6.45) is 0.465. The van der Waals surface area contributed by atoms with Gasteiger partial charge in [-0.3, -0.25) is 4.55 Å². The highest BCUT2D eigenvalue weighted by Gasteiger charge is 2.18. The Bertz CT molecular complexity index is 1100. The average Bonchev–Trinajstić information content (AvgIpc) is 2.97. The summed E-state index contributed by atoms with van der Waals surface area (Å²) in [4.78, 5) is 2.08. The first-order chi connectivity index (χ1) is 14.3. The van der Waals surface area contributed by atoms with Crippen molar-refractivity contribution < 1.29 is 21.7 Å². The van der Waals surface area contributed by atoms with E-state index in [4.69, 9.17) is 4.55 Å². The van der Waals surface area contributed by atoms with E-state index < -0.39 is 10.4 Å². The van der Waals surface area contributed by atoms with Gasteiger partial charge < -0.3 is 4.90 Å². The minimum Gasteiger partial charge on any atom is -0.372 e. The van der Waals surface area contributed by atoms with Crippen LogP contribution in [0.3, 0.4) is 0 Å². The van der Waals surface area contributed by atoms with Crippen molar-refractivity contribution in [3.05, 3.63) is 48.5 Å². The van der Waals surface area contributed by atoms with Gasteiger partial charge >= 0.3 is 16.3 Å². The Hall–Kier alpha value is -2.82. The molecule has 0 bridgehead atoms. The molecular weight excluding hydrogens is 406 g/mol. The molecule has 0 aliphatic heterocycles. The van der Waals surface area contributed by atoms with Crippen LogP contribution in [0.25, 0.3) is 11.0 Å². The van der Waals surface area contributed by atoms with Crippen molar-refractivity contribution in [3.63, 3.8) is 0 Å². The Morgan fingerprint density at radius 2 is 1.83 bits per heavy atom. The first kappa shape index (κ1) is 21.9. The predicted molar refractivity (Wildman–Crippen MR) is 115 cm³/mol. The van der Waals surface area contributed by atoms with E-state index in [1.165, 1.54) is 0 Å². The normalized spacial score (nSPS) is 12.1. The maximum Gasteiger partial charge on any atom is 0.422 e. The lowest BCUT2D eigenvalue weighted by Crippen LogP contribution is -2.26. The van der Waals surface area contributed by atoms with Crippen molar-refractivity contribution in [2.45, 2.75) is 13.3 Å². The Labute approximate surface area is 176 Å². The molecule has 1 heterocycles. The van der Waals surface area contributed by atoms with Gasteiger partial charge in [0.15, 0.2) is 0 Å². The molecule has 30 heavy (non-hydrogen) atoms. The third-order valence-corrected chi connectivity index (χ3v) is 5.33. The molecule has 3 aromatic rings. The number of hydrogen-bond acceptors (Lipinski definition) is 6. The smallest absolute Gasteiger partial charge is 0.372 e. The molecule has 10 heteroatoms. The lowest BCUT2D eigenvalue weighted by atomic mass is 10.2. The molecule has 2 aromatic carbocycles. The molecular formula is C20H26N5O4S+. The molecule has 0 atom stereocenters. The van der Waals surface area contributed by atoms with E-state index in [1.54, 1.807) is 0 Å². The number of imidazole rings is 1. The molecule has 0 unspecified atom stereocenters. The monoisotopic (exact) mass is 432 g/mol. The molecule has 0 spiro atoms. The van der Waals surface area contributed by atoms with E-state index in [-0.39, 0.29) is 6.61 Å². The molecule has 160 valence electrons. The lowest BCUT2D eigenvalue weighted by molar-refractivity contribution is -0.632. The topological polar surface area (TPSA) is 100 Å². The summed E-state index contributed by atoms with van der Waals surface area (Å²) < 4.78 is 38.2. The van der Waals surface area contributed by atoms with Crippen molar-refractivity contribution in [3.8, 4) is 0 Å². The Morgan fingerprint density at radius 1 is 1.13 bits per heavy atom. The number of fused-ring (bicyclic) bond motifs is 1. The number of nitrogens with zero attached hydrogens (tertiary/aromatic N) is 5. The molecule has 3 rings (SSSR count). The van der Waals surface area contributed by atoms with Crippen LogP contribution < -0.4 is 9.47 Å². The van der Waals surface area contributed by atoms with Gasteiger partial charge in [-0.05, 0) is 49.7 Å². The summed E-state index contributed by atoms with van der Waals surface area (Å²) in [6.45, 7) is 3.29. The van der Waals surface area contributed by atoms with Crippen molar-refractivity contribution in [2.24, 2.45) is 24.3 Å². The Balaban J connectivity index is 1.68. The molecule has 0 aliphatic carbocycles. The fourth-order valence-electron chi connectivity index (χ4n) is 3.33. The van der Waals surface area contributed by atoms with Gasteiger partial charge in [-0.25, -0.2) is 13.3 Å². The summed E-state index contributed by atoms with van der Waals surface area (Å²) in [7, 11) is -0.462. The molecule has 1 N–H and O–H groups in total. The van der Waals surface area contributed by atoms with Gasteiger partial charge in [0.05, 0.1) is 20.7 Å². The van der Waals surface area contributed by atoms with Crippen LogP contribution in [0.5, 0.6) is 0 Å². The maximum atomic E-state index is 10.6. The van der Waals surface area contributed by atoms with Gasteiger partial charge in [0.2, 0.25) is 0 Å². The minimum atomic E-state index is -4.39. The van der Waals surface area contributed by atoms with E-state index in [9.17, 15) is 8.42 Å². The van der Waals surface area contributed by atoms with Gasteiger partial charge in [0.1, 0.15) is 16.7 Å². The Kier molecular flexibility index (Phi) is 6.80. The zero-order valence-electron chi connectivity index (χ0n) is 17.3. The summed E-state index contributed by atoms with van der Waals surface area (Å²) in [5.41, 5.74) is 3.88. The van der Waals surface area contributed by atoms with E-state index in [0.29, 0.717) is 13.0 Å². The molecule has 0 radical (unpaired) electrons. The molecule has 0 fully saturated rings. The van der Waals surface area contributed by atoms with Gasteiger partial charge in [0, 0.05) is 23.9 Å². The highest BCUT2D eigenvalue weighted by molar-refractivity contribution is 7.80. The van der Waals surface area contributed by atoms with Crippen LogP contribution in [0.4, 0.5) is 17.3 Å². The Morgan fingerprint density at radius 3 is 2.47 bits per heavy atom. The van der Waals surface area contributed by atoms with E-state index in [1.807, 2.05) is 78.7 Å². The number of rotatable bonds is 9. The van der Waals surface area contributed by atoms with Crippen molar-refractivity contribution >= 4 is 38.8 Å². The highest BCUT2D eigenvalue weighted by atomic mass is 32.3. The number of benzene rings is 2. The largest absolute Gasteiger partial charge is 0.422 e. The van der Waals surface area contributed by atoms with Crippen LogP contribution in [-0.2, 0) is 28.7 Å². The standard InChI is InChI=1S/C20H25N5O4S/c1-4-25(14-7-15-29-30(26,27)28)17-12-10-16(11-13-17)21-22-20-23(2)18-8-5-6-9-19(18)24(20)3/h5-6,8-13H,4,7,14-15H2,1-3H3/p+1. The second kappa shape index (κ2) is 9.33. The molecule has 1 aromatic heterocycles. The number of para-hydroxylation sites is 2. The first-order valence-electron chi connectivity index (χ1n) is 9.62. The van der Waals surface area contributed by atoms with Crippen molar-refractivity contribution in [1.82, 2.24) is 4.57 Å². The summed E-state index contributed by atoms with van der Waals surface area (Å²) in [6, 6.07) is 15.8. The zero-order chi connectivity index (χ0) is 21.7. The van der Waals surface area contributed by atoms with Crippen LogP contribution >= 0.6 is 0 Å². The second-order valence-corrected chi connectivity index (χ2v) is 7.90. The van der Waals surface area contributed by atoms with Gasteiger partial charge in [0.25, 0.3) is 0 Å². The van der Waals surface area contributed by atoms with Crippen LogP contribution in [0.1, 0.15) is 13.3 Å². The third kappa shape index (κ3) is 5.21.